The van der Waals surface area contributed by atoms with Crippen LogP contribution in [0.3, 0.4) is 0 Å². The van der Waals surface area contributed by atoms with Crippen LogP contribution in [0.25, 0.3) is 0 Å². The van der Waals surface area contributed by atoms with E-state index in [2.05, 4.69) is 6.58 Å². The molecule has 0 aliphatic carbocycles. The van der Waals surface area contributed by atoms with Crippen molar-refractivity contribution in [3.8, 4) is 0 Å². The van der Waals surface area contributed by atoms with Crippen molar-refractivity contribution in [2.24, 2.45) is 0 Å². The molecule has 0 radical (unpaired) electrons. The number of hydrogen-bond acceptors (Lipinski definition) is 3. The number of hydrogen-bond donors (Lipinski definition) is 0. The summed E-state index contributed by atoms with van der Waals surface area (Å²) >= 11 is 0. The van der Waals surface area contributed by atoms with Gasteiger partial charge in [0.15, 0.2) is 0 Å². The summed E-state index contributed by atoms with van der Waals surface area (Å²) in [4.78, 5) is 13.2. The second kappa shape index (κ2) is 4.26. The van der Waals surface area contributed by atoms with Gasteiger partial charge in [0.05, 0.1) is 7.11 Å². The highest BCUT2D eigenvalue weighted by molar-refractivity contribution is 5.80. The Morgan fingerprint density at radius 3 is 2.42 bits per heavy atom. The highest BCUT2D eigenvalue weighted by Crippen LogP contribution is 2.18. The van der Waals surface area contributed by atoms with Gasteiger partial charge in [-0.25, -0.2) is 0 Å². The molecule has 0 rings (SSSR count). The van der Waals surface area contributed by atoms with Gasteiger partial charge in [0, 0.05) is 0 Å². The van der Waals surface area contributed by atoms with E-state index in [0.717, 1.165) is 0 Å². The van der Waals surface area contributed by atoms with Crippen molar-refractivity contribution in [1.29, 1.82) is 0 Å². The third-order valence-electron chi connectivity index (χ3n) is 2.15. The predicted molar refractivity (Wildman–Crippen MR) is 48.9 cm³/mol. The van der Waals surface area contributed by atoms with E-state index in [9.17, 15) is 4.79 Å². The van der Waals surface area contributed by atoms with E-state index >= 15 is 0 Å². The zero-order valence-corrected chi connectivity index (χ0v) is 8.26. The zero-order valence-electron chi connectivity index (χ0n) is 8.26. The van der Waals surface area contributed by atoms with Crippen LogP contribution in [0.5, 0.6) is 0 Å². The van der Waals surface area contributed by atoms with Crippen LogP contribution in [-0.4, -0.2) is 37.6 Å². The molecule has 0 unspecified atom stereocenters. The molecule has 0 spiro atoms. The Bertz CT molecular complexity index is 177. The summed E-state index contributed by atoms with van der Waals surface area (Å²) in [6, 6.07) is 0. The Morgan fingerprint density at radius 2 is 2.17 bits per heavy atom. The van der Waals surface area contributed by atoms with Crippen molar-refractivity contribution in [2.75, 3.05) is 21.2 Å². The number of methoxy groups -OCH3 is 1. The zero-order chi connectivity index (χ0) is 9.78. The lowest BCUT2D eigenvalue weighted by Gasteiger charge is -2.32. The van der Waals surface area contributed by atoms with Crippen molar-refractivity contribution in [1.82, 2.24) is 4.90 Å². The molecule has 0 N–H and O–H groups in total. The van der Waals surface area contributed by atoms with Gasteiger partial charge in [-0.1, -0.05) is 6.08 Å². The molecule has 0 aromatic carbocycles. The first-order valence-corrected chi connectivity index (χ1v) is 3.85. The molecule has 0 fully saturated rings. The fraction of sp³-hybridized carbons (Fsp3) is 0.667. The summed E-state index contributed by atoms with van der Waals surface area (Å²) in [7, 11) is 5.09. The summed E-state index contributed by atoms with van der Waals surface area (Å²) in [6.45, 7) is 5.44. The molecule has 70 valence electrons. The van der Waals surface area contributed by atoms with Gasteiger partial charge in [-0.05, 0) is 27.4 Å². The van der Waals surface area contributed by atoms with Crippen molar-refractivity contribution >= 4 is 5.97 Å². The fourth-order valence-electron chi connectivity index (χ4n) is 0.949. The summed E-state index contributed by atoms with van der Waals surface area (Å²) in [5, 5.41) is 0. The lowest BCUT2D eigenvalue weighted by molar-refractivity contribution is -0.152. The molecule has 3 nitrogen and oxygen atoms in total. The van der Waals surface area contributed by atoms with E-state index in [4.69, 9.17) is 4.74 Å². The van der Waals surface area contributed by atoms with Crippen LogP contribution in [-0.2, 0) is 9.53 Å². The molecular weight excluding hydrogens is 154 g/mol. The maximum Gasteiger partial charge on any atom is 0.326 e. The molecular formula is C9H17NO2. The normalized spacial score (nSPS) is 15.4. The van der Waals surface area contributed by atoms with Crippen LogP contribution in [0.15, 0.2) is 12.7 Å². The van der Waals surface area contributed by atoms with Crippen LogP contribution in [0, 0.1) is 0 Å². The van der Waals surface area contributed by atoms with Gasteiger partial charge in [-0.15, -0.1) is 6.58 Å². The van der Waals surface area contributed by atoms with Crippen LogP contribution in [0.1, 0.15) is 13.3 Å². The molecule has 12 heavy (non-hydrogen) atoms. The van der Waals surface area contributed by atoms with Gasteiger partial charge >= 0.3 is 5.97 Å². The molecule has 0 aliphatic heterocycles. The number of likely N-dealkylation sites (N-methyl/N-ethyl adjacent to an activating group) is 1. The minimum absolute atomic E-state index is 0.229. The minimum Gasteiger partial charge on any atom is -0.468 e. The minimum atomic E-state index is -0.587. The lowest BCUT2D eigenvalue weighted by Crippen LogP contribution is -2.48. The van der Waals surface area contributed by atoms with Crippen molar-refractivity contribution in [3.05, 3.63) is 12.7 Å². The maximum absolute atomic E-state index is 11.4. The van der Waals surface area contributed by atoms with Crippen LogP contribution < -0.4 is 0 Å². The molecule has 0 aromatic rings. The first kappa shape index (κ1) is 11.2. The number of carbonyl (C=O) groups is 1. The summed E-state index contributed by atoms with van der Waals surface area (Å²) in [6.07, 6.45) is 2.31. The molecule has 0 bridgehead atoms. The van der Waals surface area contributed by atoms with E-state index in [1.54, 1.807) is 6.08 Å². The molecule has 3 heteroatoms. The Kier molecular flexibility index (Phi) is 3.96. The second-order valence-corrected chi connectivity index (χ2v) is 3.15. The maximum atomic E-state index is 11.4. The third-order valence-corrected chi connectivity index (χ3v) is 2.15. The number of carbonyl (C=O) groups excluding carboxylic acids is 1. The molecule has 0 saturated carbocycles. The lowest BCUT2D eigenvalue weighted by atomic mass is 9.97. The highest BCUT2D eigenvalue weighted by Gasteiger charge is 2.35. The summed E-state index contributed by atoms with van der Waals surface area (Å²) in [5.74, 6) is -0.229. The Labute approximate surface area is 74.0 Å². The van der Waals surface area contributed by atoms with Gasteiger partial charge in [-0.2, -0.15) is 0 Å². The molecule has 0 heterocycles. The third kappa shape index (κ3) is 2.08. The number of esters is 1. The van der Waals surface area contributed by atoms with Gasteiger partial charge in [0.25, 0.3) is 0 Å². The standard InChI is InChI=1S/C9H17NO2/c1-6-7-9(2,10(3)4)8(11)12-5/h6H,1,7H2,2-5H3/t9-/m0/s1. The van der Waals surface area contributed by atoms with E-state index < -0.39 is 5.54 Å². The molecule has 0 amide bonds. The Morgan fingerprint density at radius 1 is 1.67 bits per heavy atom. The molecule has 0 aliphatic rings. The van der Waals surface area contributed by atoms with Crippen molar-refractivity contribution in [3.63, 3.8) is 0 Å². The predicted octanol–water partition coefficient (Wildman–Crippen LogP) is 1.06. The average molecular weight is 171 g/mol. The first-order valence-electron chi connectivity index (χ1n) is 3.85. The molecule has 1 atom stereocenters. The van der Waals surface area contributed by atoms with E-state index in [1.807, 2.05) is 25.9 Å². The molecule has 0 saturated heterocycles. The van der Waals surface area contributed by atoms with Crippen molar-refractivity contribution in [2.45, 2.75) is 18.9 Å². The van der Waals surface area contributed by atoms with Gasteiger partial charge in [0.2, 0.25) is 0 Å². The van der Waals surface area contributed by atoms with Crippen LogP contribution >= 0.6 is 0 Å². The number of nitrogens with zero attached hydrogens (tertiary/aromatic N) is 1. The molecule has 0 aromatic heterocycles. The fourth-order valence-corrected chi connectivity index (χ4v) is 0.949. The van der Waals surface area contributed by atoms with Gasteiger partial charge in [-0.3, -0.25) is 9.69 Å². The van der Waals surface area contributed by atoms with E-state index in [0.29, 0.717) is 6.42 Å². The second-order valence-electron chi connectivity index (χ2n) is 3.15. The van der Waals surface area contributed by atoms with Crippen LogP contribution in [0.2, 0.25) is 0 Å². The van der Waals surface area contributed by atoms with E-state index in [-0.39, 0.29) is 5.97 Å². The van der Waals surface area contributed by atoms with E-state index in [1.165, 1.54) is 7.11 Å². The Balaban J connectivity index is 4.60. The number of rotatable bonds is 4. The quantitative estimate of drug-likeness (QED) is 0.468. The summed E-state index contributed by atoms with van der Waals surface area (Å²) in [5.41, 5.74) is -0.587. The highest BCUT2D eigenvalue weighted by atomic mass is 16.5. The smallest absolute Gasteiger partial charge is 0.326 e. The van der Waals surface area contributed by atoms with Gasteiger partial charge in [0.1, 0.15) is 5.54 Å². The SMILES string of the molecule is C=CC[C@@](C)(C(=O)OC)N(C)C. The summed E-state index contributed by atoms with van der Waals surface area (Å²) < 4.78 is 4.70. The van der Waals surface area contributed by atoms with Crippen LogP contribution in [0.4, 0.5) is 0 Å². The monoisotopic (exact) mass is 171 g/mol. The van der Waals surface area contributed by atoms with Gasteiger partial charge < -0.3 is 4.74 Å². The number of ether oxygens (including phenoxy) is 1. The van der Waals surface area contributed by atoms with Crippen molar-refractivity contribution < 1.29 is 9.53 Å². The average Bonchev–Trinajstić information content (AvgIpc) is 2.03. The first-order chi connectivity index (χ1) is 5.49. The Hall–Kier alpha value is -0.830. The topological polar surface area (TPSA) is 29.5 Å². The largest absolute Gasteiger partial charge is 0.468 e.